The highest BCUT2D eigenvalue weighted by Crippen LogP contribution is 2.27. The second kappa shape index (κ2) is 7.46. The maximum absolute atomic E-state index is 9.91. The van der Waals surface area contributed by atoms with Crippen LogP contribution in [0.3, 0.4) is 0 Å². The van der Waals surface area contributed by atoms with Crippen LogP contribution in [0.2, 0.25) is 0 Å². The van der Waals surface area contributed by atoms with Gasteiger partial charge in [0.15, 0.2) is 0 Å². The molecular weight excluding hydrogens is 250 g/mol. The average Bonchev–Trinajstić information content (AvgIpc) is 2.83. The largest absolute Gasteiger partial charge is 0.489 e. The number of rotatable bonds is 7. The molecule has 110 valence electrons. The minimum Gasteiger partial charge on any atom is -0.489 e. The number of aliphatic hydroxyl groups excluding tert-OH is 1. The number of nitrogens with zero attached hydrogens (tertiary/aromatic N) is 1. The Morgan fingerprint density at radius 2 is 2.20 bits per heavy atom. The van der Waals surface area contributed by atoms with Crippen LogP contribution in [-0.4, -0.2) is 36.3 Å². The van der Waals surface area contributed by atoms with Crippen molar-refractivity contribution < 1.29 is 9.84 Å². The highest BCUT2D eigenvalue weighted by molar-refractivity contribution is 5.33. The van der Waals surface area contributed by atoms with Gasteiger partial charge in [-0.3, -0.25) is 0 Å². The summed E-state index contributed by atoms with van der Waals surface area (Å²) in [5.41, 5.74) is 1.18. The molecule has 0 amide bonds. The summed E-state index contributed by atoms with van der Waals surface area (Å²) in [7, 11) is 2.11. The Morgan fingerprint density at radius 3 is 2.90 bits per heavy atom. The van der Waals surface area contributed by atoms with Gasteiger partial charge in [0.2, 0.25) is 0 Å². The average molecular weight is 275 g/mol. The molecule has 0 aliphatic heterocycles. The molecule has 0 aromatic heterocycles. The van der Waals surface area contributed by atoms with E-state index in [-0.39, 0.29) is 6.10 Å². The van der Waals surface area contributed by atoms with Crippen LogP contribution in [0.15, 0.2) is 36.9 Å². The van der Waals surface area contributed by atoms with E-state index in [0.717, 1.165) is 38.1 Å². The van der Waals surface area contributed by atoms with E-state index in [2.05, 4.69) is 24.6 Å². The molecule has 1 fully saturated rings. The molecule has 3 nitrogen and oxygen atoms in total. The first-order chi connectivity index (χ1) is 9.70. The lowest BCUT2D eigenvalue weighted by Gasteiger charge is -2.24. The van der Waals surface area contributed by atoms with Crippen molar-refractivity contribution in [1.82, 2.24) is 4.90 Å². The van der Waals surface area contributed by atoms with E-state index in [1.54, 1.807) is 6.08 Å². The fourth-order valence-corrected chi connectivity index (χ4v) is 2.91. The Kier molecular flexibility index (Phi) is 5.62. The van der Waals surface area contributed by atoms with Gasteiger partial charge in [0.05, 0.1) is 6.10 Å². The van der Waals surface area contributed by atoms with E-state index in [0.29, 0.717) is 12.5 Å². The zero-order valence-electron chi connectivity index (χ0n) is 12.3. The Morgan fingerprint density at radius 1 is 1.40 bits per heavy atom. The van der Waals surface area contributed by atoms with E-state index >= 15 is 0 Å². The molecule has 2 rings (SSSR count). The van der Waals surface area contributed by atoms with Crippen molar-refractivity contribution in [1.29, 1.82) is 0 Å². The summed E-state index contributed by atoms with van der Waals surface area (Å²) in [4.78, 5) is 2.27. The highest BCUT2D eigenvalue weighted by Gasteiger charge is 2.26. The molecule has 1 N–H and O–H groups in total. The van der Waals surface area contributed by atoms with E-state index in [4.69, 9.17) is 4.74 Å². The standard InChI is InChI=1S/C17H25NO2/c1-3-11-20-17-10-5-4-7-15(17)13-18(2)12-14-8-6-9-16(14)19/h3-5,7,10,14,16,19H,1,6,8-9,11-13H2,2H3. The van der Waals surface area contributed by atoms with Crippen molar-refractivity contribution >= 4 is 0 Å². The lowest BCUT2D eigenvalue weighted by atomic mass is 10.1. The summed E-state index contributed by atoms with van der Waals surface area (Å²) in [6, 6.07) is 8.12. The molecule has 0 spiro atoms. The SMILES string of the molecule is C=CCOc1ccccc1CN(C)CC1CCCC1O. The lowest BCUT2D eigenvalue weighted by molar-refractivity contribution is 0.107. The van der Waals surface area contributed by atoms with Crippen LogP contribution in [-0.2, 0) is 6.54 Å². The Labute approximate surface area is 121 Å². The van der Waals surface area contributed by atoms with E-state index in [1.165, 1.54) is 5.56 Å². The van der Waals surface area contributed by atoms with E-state index in [1.807, 2.05) is 18.2 Å². The lowest BCUT2D eigenvalue weighted by Crippen LogP contribution is -2.29. The fraction of sp³-hybridized carbons (Fsp3) is 0.529. The minimum absolute atomic E-state index is 0.121. The van der Waals surface area contributed by atoms with Gasteiger partial charge in [0, 0.05) is 18.7 Å². The zero-order valence-corrected chi connectivity index (χ0v) is 12.3. The third-order valence-electron chi connectivity index (χ3n) is 3.93. The Hall–Kier alpha value is -1.32. The molecule has 1 aliphatic rings. The monoisotopic (exact) mass is 275 g/mol. The van der Waals surface area contributed by atoms with E-state index in [9.17, 15) is 5.11 Å². The van der Waals surface area contributed by atoms with Crippen molar-refractivity contribution in [3.8, 4) is 5.75 Å². The third kappa shape index (κ3) is 4.09. The number of hydrogen-bond acceptors (Lipinski definition) is 3. The molecule has 3 heteroatoms. The molecule has 0 saturated heterocycles. The van der Waals surface area contributed by atoms with Gasteiger partial charge in [0.25, 0.3) is 0 Å². The maximum atomic E-state index is 9.91. The van der Waals surface area contributed by atoms with Gasteiger partial charge >= 0.3 is 0 Å². The number of para-hydroxylation sites is 1. The topological polar surface area (TPSA) is 32.7 Å². The summed E-state index contributed by atoms with van der Waals surface area (Å²) >= 11 is 0. The molecule has 0 heterocycles. The Bertz CT molecular complexity index is 433. The van der Waals surface area contributed by atoms with Crippen molar-refractivity contribution in [3.63, 3.8) is 0 Å². The van der Waals surface area contributed by atoms with Crippen molar-refractivity contribution in [2.45, 2.75) is 31.9 Å². The summed E-state index contributed by atoms with van der Waals surface area (Å²) in [5.74, 6) is 1.34. The summed E-state index contributed by atoms with van der Waals surface area (Å²) in [6.07, 6.45) is 4.89. The van der Waals surface area contributed by atoms with Crippen molar-refractivity contribution in [2.75, 3.05) is 20.2 Å². The van der Waals surface area contributed by atoms with Crippen molar-refractivity contribution in [3.05, 3.63) is 42.5 Å². The quantitative estimate of drug-likeness (QED) is 0.777. The summed E-state index contributed by atoms with van der Waals surface area (Å²) in [5, 5.41) is 9.91. The van der Waals surface area contributed by atoms with Gasteiger partial charge in [-0.05, 0) is 31.9 Å². The van der Waals surface area contributed by atoms with Crippen LogP contribution in [0.4, 0.5) is 0 Å². The van der Waals surface area contributed by atoms with Crippen molar-refractivity contribution in [2.24, 2.45) is 5.92 Å². The second-order valence-corrected chi connectivity index (χ2v) is 5.66. The number of hydrogen-bond donors (Lipinski definition) is 1. The number of aliphatic hydroxyl groups is 1. The van der Waals surface area contributed by atoms with Crippen LogP contribution in [0.5, 0.6) is 5.75 Å². The molecule has 1 aromatic carbocycles. The van der Waals surface area contributed by atoms with Crippen LogP contribution in [0, 0.1) is 5.92 Å². The molecule has 20 heavy (non-hydrogen) atoms. The first-order valence-corrected chi connectivity index (χ1v) is 7.39. The smallest absolute Gasteiger partial charge is 0.124 e. The first-order valence-electron chi connectivity index (χ1n) is 7.39. The third-order valence-corrected chi connectivity index (χ3v) is 3.93. The number of ether oxygens (including phenoxy) is 1. The first kappa shape index (κ1) is 15.1. The Balaban J connectivity index is 1.93. The normalized spacial score (nSPS) is 22.1. The molecule has 0 bridgehead atoms. The molecule has 1 aliphatic carbocycles. The maximum Gasteiger partial charge on any atom is 0.124 e. The number of benzene rings is 1. The zero-order chi connectivity index (χ0) is 14.4. The van der Waals surface area contributed by atoms with Gasteiger partial charge in [-0.1, -0.05) is 37.3 Å². The van der Waals surface area contributed by atoms with Gasteiger partial charge in [-0.25, -0.2) is 0 Å². The van der Waals surface area contributed by atoms with Crippen LogP contribution in [0.1, 0.15) is 24.8 Å². The van der Waals surface area contributed by atoms with Gasteiger partial charge in [-0.2, -0.15) is 0 Å². The van der Waals surface area contributed by atoms with Crippen LogP contribution >= 0.6 is 0 Å². The van der Waals surface area contributed by atoms with Crippen LogP contribution in [0.25, 0.3) is 0 Å². The second-order valence-electron chi connectivity index (χ2n) is 5.66. The van der Waals surface area contributed by atoms with Gasteiger partial charge in [0.1, 0.15) is 12.4 Å². The predicted octanol–water partition coefficient (Wildman–Crippen LogP) is 2.84. The van der Waals surface area contributed by atoms with E-state index < -0.39 is 0 Å². The highest BCUT2D eigenvalue weighted by atomic mass is 16.5. The van der Waals surface area contributed by atoms with Crippen LogP contribution < -0.4 is 4.74 Å². The van der Waals surface area contributed by atoms with Gasteiger partial charge in [-0.15, -0.1) is 0 Å². The van der Waals surface area contributed by atoms with Gasteiger partial charge < -0.3 is 14.7 Å². The molecule has 2 unspecified atom stereocenters. The molecular formula is C17H25NO2. The summed E-state index contributed by atoms with van der Waals surface area (Å²) < 4.78 is 5.68. The predicted molar refractivity (Wildman–Crippen MR) is 81.8 cm³/mol. The summed E-state index contributed by atoms with van der Waals surface area (Å²) in [6.45, 7) is 5.99. The fourth-order valence-electron chi connectivity index (χ4n) is 2.91. The molecule has 1 saturated carbocycles. The molecule has 0 radical (unpaired) electrons. The molecule has 2 atom stereocenters. The molecule has 1 aromatic rings. The minimum atomic E-state index is -0.121.